The Kier molecular flexibility index (Phi) is 4.88. The third kappa shape index (κ3) is 3.70. The molecule has 2 aromatic carbocycles. The second-order valence-corrected chi connectivity index (χ2v) is 7.09. The topological polar surface area (TPSA) is 83.5 Å². The highest BCUT2D eigenvalue weighted by atomic mass is 32.2. The van der Waals surface area contributed by atoms with Gasteiger partial charge in [-0.05, 0) is 35.7 Å². The van der Waals surface area contributed by atoms with Gasteiger partial charge in [-0.15, -0.1) is 0 Å². The molecule has 0 saturated carbocycles. The Morgan fingerprint density at radius 2 is 1.79 bits per heavy atom. The van der Waals surface area contributed by atoms with Crippen molar-refractivity contribution in [2.45, 2.75) is 24.7 Å². The normalized spacial score (nSPS) is 11.5. The molecule has 2 N–H and O–H groups in total. The zero-order valence-corrected chi connectivity index (χ0v) is 13.7. The van der Waals surface area contributed by atoms with Crippen LogP contribution in [0.5, 0.6) is 0 Å². The summed E-state index contributed by atoms with van der Waals surface area (Å²) in [5, 5.41) is 9.05. The van der Waals surface area contributed by atoms with Crippen LogP contribution in [0.3, 0.4) is 0 Å². The Labute approximate surface area is 138 Å². The molecule has 0 atom stereocenters. The first-order valence-electron chi connectivity index (χ1n) is 6.97. The zero-order valence-electron chi connectivity index (χ0n) is 12.9. The summed E-state index contributed by atoms with van der Waals surface area (Å²) in [5.74, 6) is -3.41. The van der Waals surface area contributed by atoms with Crippen molar-refractivity contribution in [1.29, 1.82) is 0 Å². The van der Waals surface area contributed by atoms with Gasteiger partial charge in [-0.25, -0.2) is 22.0 Å². The molecule has 0 aromatic heterocycles. The molecule has 0 aliphatic rings. The minimum Gasteiger partial charge on any atom is -0.478 e. The highest BCUT2D eigenvalue weighted by Crippen LogP contribution is 2.27. The Morgan fingerprint density at radius 3 is 2.33 bits per heavy atom. The van der Waals surface area contributed by atoms with Crippen LogP contribution >= 0.6 is 0 Å². The van der Waals surface area contributed by atoms with Crippen molar-refractivity contribution in [2.75, 3.05) is 4.72 Å². The summed E-state index contributed by atoms with van der Waals surface area (Å²) in [6, 6.07) is 6.14. The smallest absolute Gasteiger partial charge is 0.335 e. The minimum absolute atomic E-state index is 0.209. The van der Waals surface area contributed by atoms with Gasteiger partial charge in [0.2, 0.25) is 0 Å². The van der Waals surface area contributed by atoms with E-state index in [1.54, 1.807) is 13.8 Å². The van der Waals surface area contributed by atoms with Gasteiger partial charge in [-0.2, -0.15) is 0 Å². The third-order valence-electron chi connectivity index (χ3n) is 3.35. The van der Waals surface area contributed by atoms with Crippen LogP contribution in [0.4, 0.5) is 14.5 Å². The van der Waals surface area contributed by atoms with Crippen LogP contribution in [0.2, 0.25) is 0 Å². The van der Waals surface area contributed by atoms with Crippen molar-refractivity contribution in [3.05, 3.63) is 59.2 Å². The lowest BCUT2D eigenvalue weighted by molar-refractivity contribution is 0.0696. The maximum absolute atomic E-state index is 13.7. The summed E-state index contributed by atoms with van der Waals surface area (Å²) >= 11 is 0. The van der Waals surface area contributed by atoms with Gasteiger partial charge in [-0.3, -0.25) is 4.72 Å². The molecule has 0 heterocycles. The predicted octanol–water partition coefficient (Wildman–Crippen LogP) is 3.59. The first kappa shape index (κ1) is 17.9. The van der Waals surface area contributed by atoms with Crippen LogP contribution in [-0.4, -0.2) is 19.5 Å². The van der Waals surface area contributed by atoms with Gasteiger partial charge < -0.3 is 5.11 Å². The molecule has 0 saturated heterocycles. The van der Waals surface area contributed by atoms with Crippen LogP contribution in [-0.2, 0) is 10.0 Å². The van der Waals surface area contributed by atoms with Gasteiger partial charge in [-0.1, -0.05) is 19.9 Å². The number of anilines is 1. The van der Waals surface area contributed by atoms with E-state index in [9.17, 15) is 22.0 Å². The Hall–Kier alpha value is -2.48. The van der Waals surface area contributed by atoms with Crippen LogP contribution < -0.4 is 4.72 Å². The number of rotatable bonds is 5. The monoisotopic (exact) mass is 355 g/mol. The molecular weight excluding hydrogens is 340 g/mol. The summed E-state index contributed by atoms with van der Waals surface area (Å²) in [4.78, 5) is 10.8. The SMILES string of the molecule is CC(C)c1ccc(C(=O)O)cc1S(=O)(=O)Nc1ccc(F)cc1F. The van der Waals surface area contributed by atoms with Gasteiger partial charge in [0.15, 0.2) is 0 Å². The van der Waals surface area contributed by atoms with Crippen molar-refractivity contribution < 1.29 is 27.1 Å². The number of carboxylic acids is 1. The number of benzene rings is 2. The fourth-order valence-corrected chi connectivity index (χ4v) is 3.61. The summed E-state index contributed by atoms with van der Waals surface area (Å²) in [6.07, 6.45) is 0. The molecule has 128 valence electrons. The predicted molar refractivity (Wildman–Crippen MR) is 84.7 cm³/mol. The number of aromatic carboxylic acids is 1. The van der Waals surface area contributed by atoms with Gasteiger partial charge in [0, 0.05) is 6.07 Å². The minimum atomic E-state index is -4.26. The Bertz CT molecular complexity index is 895. The highest BCUT2D eigenvalue weighted by Gasteiger charge is 2.23. The van der Waals surface area contributed by atoms with E-state index in [2.05, 4.69) is 0 Å². The molecule has 8 heteroatoms. The number of sulfonamides is 1. The highest BCUT2D eigenvalue weighted by molar-refractivity contribution is 7.92. The number of nitrogens with one attached hydrogen (secondary N) is 1. The number of halogens is 2. The van der Waals surface area contributed by atoms with Crippen LogP contribution in [0.1, 0.15) is 35.7 Å². The van der Waals surface area contributed by atoms with E-state index >= 15 is 0 Å². The second kappa shape index (κ2) is 6.56. The Balaban J connectivity index is 2.55. The number of hydrogen-bond acceptors (Lipinski definition) is 3. The summed E-state index contributed by atoms with van der Waals surface area (Å²) in [7, 11) is -4.26. The first-order chi connectivity index (χ1) is 11.1. The van der Waals surface area contributed by atoms with Crippen molar-refractivity contribution in [3.8, 4) is 0 Å². The van der Waals surface area contributed by atoms with E-state index in [4.69, 9.17) is 5.11 Å². The van der Waals surface area contributed by atoms with E-state index in [1.807, 2.05) is 4.72 Å². The molecular formula is C16H15F2NO4S. The average molecular weight is 355 g/mol. The van der Waals surface area contributed by atoms with E-state index in [0.29, 0.717) is 11.6 Å². The van der Waals surface area contributed by atoms with Gasteiger partial charge in [0.1, 0.15) is 11.6 Å². The molecule has 0 amide bonds. The first-order valence-corrected chi connectivity index (χ1v) is 8.45. The van der Waals surface area contributed by atoms with Crippen molar-refractivity contribution in [3.63, 3.8) is 0 Å². The molecule has 2 aromatic rings. The summed E-state index contributed by atoms with van der Waals surface area (Å²) in [6.45, 7) is 3.49. The molecule has 0 fully saturated rings. The Morgan fingerprint density at radius 1 is 1.12 bits per heavy atom. The number of carbonyl (C=O) groups is 1. The van der Waals surface area contributed by atoms with E-state index in [0.717, 1.165) is 18.2 Å². The largest absolute Gasteiger partial charge is 0.478 e. The third-order valence-corrected chi connectivity index (χ3v) is 4.77. The maximum atomic E-state index is 13.7. The average Bonchev–Trinajstić information content (AvgIpc) is 2.49. The molecule has 0 bridgehead atoms. The fourth-order valence-electron chi connectivity index (χ4n) is 2.15. The number of carboxylic acid groups (broad SMARTS) is 1. The van der Waals surface area contributed by atoms with Gasteiger partial charge in [0.05, 0.1) is 16.1 Å². The van der Waals surface area contributed by atoms with Gasteiger partial charge in [0.25, 0.3) is 10.0 Å². The molecule has 0 aliphatic carbocycles. The standard InChI is InChI=1S/C16H15F2NO4S/c1-9(2)12-5-3-10(16(20)21)7-15(12)24(22,23)19-14-6-4-11(17)8-13(14)18/h3-9,19H,1-2H3,(H,20,21). The molecule has 2 rings (SSSR count). The van der Waals surface area contributed by atoms with Crippen molar-refractivity contribution in [2.24, 2.45) is 0 Å². The van der Waals surface area contributed by atoms with Crippen molar-refractivity contribution in [1.82, 2.24) is 0 Å². The van der Waals surface area contributed by atoms with E-state index in [1.165, 1.54) is 12.1 Å². The molecule has 0 spiro atoms. The quantitative estimate of drug-likeness (QED) is 0.859. The fraction of sp³-hybridized carbons (Fsp3) is 0.188. The number of hydrogen-bond donors (Lipinski definition) is 2. The maximum Gasteiger partial charge on any atom is 0.335 e. The summed E-state index contributed by atoms with van der Waals surface area (Å²) in [5.41, 5.74) is -0.249. The van der Waals surface area contributed by atoms with E-state index < -0.39 is 33.3 Å². The van der Waals surface area contributed by atoms with Crippen molar-refractivity contribution >= 4 is 21.7 Å². The van der Waals surface area contributed by atoms with Gasteiger partial charge >= 0.3 is 5.97 Å². The summed E-state index contributed by atoms with van der Waals surface area (Å²) < 4.78 is 53.8. The lowest BCUT2D eigenvalue weighted by Gasteiger charge is -2.15. The van der Waals surface area contributed by atoms with E-state index in [-0.39, 0.29) is 16.4 Å². The van der Waals surface area contributed by atoms with Crippen LogP contribution in [0.15, 0.2) is 41.3 Å². The van der Waals surface area contributed by atoms with Crippen LogP contribution in [0, 0.1) is 11.6 Å². The second-order valence-electron chi connectivity index (χ2n) is 5.44. The molecule has 5 nitrogen and oxygen atoms in total. The molecule has 24 heavy (non-hydrogen) atoms. The molecule has 0 radical (unpaired) electrons. The molecule has 0 unspecified atom stereocenters. The molecule has 0 aliphatic heterocycles. The zero-order chi connectivity index (χ0) is 18.1. The lowest BCUT2D eigenvalue weighted by Crippen LogP contribution is -2.17. The lowest BCUT2D eigenvalue weighted by atomic mass is 10.0. The van der Waals surface area contributed by atoms with Crippen LogP contribution in [0.25, 0.3) is 0 Å².